The van der Waals surface area contributed by atoms with Gasteiger partial charge in [-0.1, -0.05) is 37.3 Å². The number of rotatable bonds is 5. The van der Waals surface area contributed by atoms with Crippen molar-refractivity contribution in [2.45, 2.75) is 25.7 Å². The fourth-order valence-corrected chi connectivity index (χ4v) is 3.62. The first-order valence-corrected chi connectivity index (χ1v) is 8.41. The van der Waals surface area contributed by atoms with Gasteiger partial charge in [-0.3, -0.25) is 9.69 Å². The smallest absolute Gasteiger partial charge is 0.250 e. The van der Waals surface area contributed by atoms with Gasteiger partial charge in [0.1, 0.15) is 0 Å². The van der Waals surface area contributed by atoms with Gasteiger partial charge < -0.3 is 9.80 Å². The molecule has 1 amide bonds. The molecule has 22 heavy (non-hydrogen) atoms. The molecule has 1 saturated heterocycles. The number of halogens is 1. The van der Waals surface area contributed by atoms with Gasteiger partial charge in [0.15, 0.2) is 6.29 Å². The Morgan fingerprint density at radius 1 is 1.23 bits per heavy atom. The molecule has 2 unspecified atom stereocenters. The highest BCUT2D eigenvalue weighted by Crippen LogP contribution is 2.35. The molecule has 5 heteroatoms. The summed E-state index contributed by atoms with van der Waals surface area (Å²) < 4.78 is 0. The Hall–Kier alpha value is -1.52. The number of hydrogen-bond acceptors (Lipinski definition) is 3. The lowest BCUT2D eigenvalue weighted by atomic mass is 10.1. The molecule has 0 saturated carbocycles. The van der Waals surface area contributed by atoms with E-state index in [1.54, 1.807) is 6.08 Å². The van der Waals surface area contributed by atoms with Crippen LogP contribution in [0.5, 0.6) is 0 Å². The second-order valence-electron chi connectivity index (χ2n) is 5.74. The summed E-state index contributed by atoms with van der Waals surface area (Å²) in [6.07, 6.45) is 4.59. The lowest BCUT2D eigenvalue weighted by molar-refractivity contribution is -0.134. The second-order valence-corrected chi connectivity index (χ2v) is 6.12. The summed E-state index contributed by atoms with van der Waals surface area (Å²) in [6, 6.07) is 10.7. The van der Waals surface area contributed by atoms with Crippen molar-refractivity contribution in [3.63, 3.8) is 0 Å². The highest BCUT2D eigenvalue weighted by atomic mass is 35.5. The predicted molar refractivity (Wildman–Crippen MR) is 88.2 cm³/mol. The van der Waals surface area contributed by atoms with Crippen LogP contribution < -0.4 is 0 Å². The van der Waals surface area contributed by atoms with E-state index in [0.29, 0.717) is 5.88 Å². The number of amides is 1. The van der Waals surface area contributed by atoms with Crippen LogP contribution >= 0.6 is 11.6 Å². The van der Waals surface area contributed by atoms with Crippen LogP contribution in [0, 0.1) is 0 Å². The zero-order valence-electron chi connectivity index (χ0n) is 12.9. The third-order valence-corrected chi connectivity index (χ3v) is 4.51. The molecule has 2 heterocycles. The number of nitrogens with zero attached hydrogens (tertiary/aromatic N) is 3. The van der Waals surface area contributed by atoms with Gasteiger partial charge in [-0.2, -0.15) is 0 Å². The van der Waals surface area contributed by atoms with Gasteiger partial charge >= 0.3 is 0 Å². The molecule has 0 radical (unpaired) electrons. The van der Waals surface area contributed by atoms with E-state index in [-0.39, 0.29) is 18.2 Å². The van der Waals surface area contributed by atoms with Gasteiger partial charge in [-0.15, -0.1) is 11.6 Å². The van der Waals surface area contributed by atoms with Gasteiger partial charge in [-0.25, -0.2) is 0 Å². The minimum atomic E-state index is -0.0126. The summed E-state index contributed by atoms with van der Waals surface area (Å²) in [7, 11) is 0. The van der Waals surface area contributed by atoms with Crippen molar-refractivity contribution < 1.29 is 4.79 Å². The number of benzene rings is 1. The largest absolute Gasteiger partial charge is 0.344 e. The Morgan fingerprint density at radius 3 is 2.68 bits per heavy atom. The molecule has 0 bridgehead atoms. The molecule has 2 aliphatic rings. The van der Waals surface area contributed by atoms with Crippen LogP contribution in [0.4, 0.5) is 0 Å². The minimum Gasteiger partial charge on any atom is -0.344 e. The molecule has 2 atom stereocenters. The number of carbonyl (C=O) groups excluding carboxylic acids is 1. The molecule has 1 fully saturated rings. The third-order valence-electron chi connectivity index (χ3n) is 4.34. The number of hydrogen-bond donors (Lipinski definition) is 0. The van der Waals surface area contributed by atoms with Crippen LogP contribution in [-0.4, -0.2) is 52.4 Å². The van der Waals surface area contributed by atoms with Crippen molar-refractivity contribution in [2.24, 2.45) is 0 Å². The van der Waals surface area contributed by atoms with Crippen LogP contribution in [0.15, 0.2) is 42.6 Å². The predicted octanol–water partition coefficient (Wildman–Crippen LogP) is 2.63. The molecule has 0 aromatic heterocycles. The van der Waals surface area contributed by atoms with E-state index in [2.05, 4.69) is 41.0 Å². The molecule has 0 spiro atoms. The molecule has 2 aliphatic heterocycles. The highest BCUT2D eigenvalue weighted by molar-refractivity contribution is 6.18. The van der Waals surface area contributed by atoms with Gasteiger partial charge in [0.2, 0.25) is 0 Å². The molecule has 3 rings (SSSR count). The van der Waals surface area contributed by atoms with Crippen LogP contribution in [0.1, 0.15) is 24.9 Å². The van der Waals surface area contributed by atoms with Crippen LogP contribution in [0.2, 0.25) is 0 Å². The lowest BCUT2D eigenvalue weighted by Crippen LogP contribution is -2.54. The highest BCUT2D eigenvalue weighted by Gasteiger charge is 2.45. The zero-order valence-corrected chi connectivity index (χ0v) is 13.6. The fraction of sp³-hybridized carbons (Fsp3) is 0.471. The molecule has 0 N–H and O–H groups in total. The molecule has 1 aromatic rings. The first-order chi connectivity index (χ1) is 10.8. The summed E-state index contributed by atoms with van der Waals surface area (Å²) in [6.45, 7) is 4.61. The summed E-state index contributed by atoms with van der Waals surface area (Å²) in [5.41, 5.74) is 1.27. The quantitative estimate of drug-likeness (QED) is 0.781. The summed E-state index contributed by atoms with van der Waals surface area (Å²) in [5, 5.41) is 0. The van der Waals surface area contributed by atoms with E-state index in [1.165, 1.54) is 5.56 Å². The number of carbonyl (C=O) groups is 1. The maximum atomic E-state index is 12.3. The van der Waals surface area contributed by atoms with Crippen molar-refractivity contribution in [3.8, 4) is 0 Å². The van der Waals surface area contributed by atoms with Gasteiger partial charge in [-0.05, 0) is 12.0 Å². The Bertz CT molecular complexity index is 548. The second kappa shape index (κ2) is 6.71. The number of alkyl halides is 1. The van der Waals surface area contributed by atoms with E-state index >= 15 is 0 Å². The van der Waals surface area contributed by atoms with Crippen LogP contribution in [0.25, 0.3) is 0 Å². The molecule has 4 nitrogen and oxygen atoms in total. The standard InChI is InChI=1S/C17H22ClN3O/c1-2-10-20-15(14-6-4-3-5-7-14)13-21-16(22)8-11-19(12-9-18)17(20)21/h3-8,11,15,17H,2,9-10,12-13H2,1H3. The topological polar surface area (TPSA) is 26.8 Å². The summed E-state index contributed by atoms with van der Waals surface area (Å²) >= 11 is 5.94. The first kappa shape index (κ1) is 15.4. The average Bonchev–Trinajstić information content (AvgIpc) is 2.92. The maximum absolute atomic E-state index is 12.3. The van der Waals surface area contributed by atoms with Crippen molar-refractivity contribution in [1.82, 2.24) is 14.7 Å². The zero-order chi connectivity index (χ0) is 15.5. The lowest BCUT2D eigenvalue weighted by Gasteiger charge is -2.41. The molecule has 1 aromatic carbocycles. The maximum Gasteiger partial charge on any atom is 0.250 e. The molecule has 0 aliphatic carbocycles. The monoisotopic (exact) mass is 319 g/mol. The van der Waals surface area contributed by atoms with Crippen molar-refractivity contribution in [1.29, 1.82) is 0 Å². The van der Waals surface area contributed by atoms with Gasteiger partial charge in [0.05, 0.1) is 6.04 Å². The molecular weight excluding hydrogens is 298 g/mol. The normalized spacial score (nSPS) is 24.9. The summed E-state index contributed by atoms with van der Waals surface area (Å²) in [4.78, 5) is 18.9. The Morgan fingerprint density at radius 2 is 2.00 bits per heavy atom. The van der Waals surface area contributed by atoms with Crippen molar-refractivity contribution in [3.05, 3.63) is 48.2 Å². The van der Waals surface area contributed by atoms with Crippen molar-refractivity contribution >= 4 is 17.5 Å². The van der Waals surface area contributed by atoms with Gasteiger partial charge in [0.25, 0.3) is 5.91 Å². The summed E-state index contributed by atoms with van der Waals surface area (Å²) in [5.74, 6) is 0.647. The Labute approximate surface area is 136 Å². The van der Waals surface area contributed by atoms with E-state index in [1.807, 2.05) is 17.2 Å². The van der Waals surface area contributed by atoms with Crippen LogP contribution in [-0.2, 0) is 4.79 Å². The fourth-order valence-electron chi connectivity index (χ4n) is 3.42. The van der Waals surface area contributed by atoms with Crippen molar-refractivity contribution in [2.75, 3.05) is 25.5 Å². The first-order valence-electron chi connectivity index (χ1n) is 7.87. The van der Waals surface area contributed by atoms with E-state index in [9.17, 15) is 4.79 Å². The minimum absolute atomic E-state index is 0.0126. The van der Waals surface area contributed by atoms with Gasteiger partial charge in [0, 0.05) is 37.8 Å². The Balaban J connectivity index is 1.93. The molecule has 118 valence electrons. The molecular formula is C17H22ClN3O. The van der Waals surface area contributed by atoms with E-state index < -0.39 is 0 Å². The number of fused-ring (bicyclic) bond motifs is 1. The van der Waals surface area contributed by atoms with Crippen LogP contribution in [0.3, 0.4) is 0 Å². The third kappa shape index (κ3) is 2.73. The Kier molecular flexibility index (Phi) is 4.69. The average molecular weight is 320 g/mol. The van der Waals surface area contributed by atoms with E-state index in [4.69, 9.17) is 11.6 Å². The SMILES string of the molecule is CCCN1C(c2ccccc2)CN2C(=O)C=CN(CCCl)C21. The van der Waals surface area contributed by atoms with E-state index in [0.717, 1.165) is 26.1 Å².